The number of rotatable bonds is 4. The van der Waals surface area contributed by atoms with Crippen LogP contribution in [0.1, 0.15) is 18.1 Å². The molecule has 0 radical (unpaired) electrons. The molecule has 128 valence electrons. The van der Waals surface area contributed by atoms with Crippen LogP contribution in [0.5, 0.6) is 5.75 Å². The van der Waals surface area contributed by atoms with Crippen molar-refractivity contribution in [3.8, 4) is 5.75 Å². The normalized spacial score (nSPS) is 12.6. The van der Waals surface area contributed by atoms with Crippen LogP contribution in [-0.4, -0.2) is 12.0 Å². The molecular weight excluding hydrogens is 343 g/mol. The molecule has 0 aliphatic rings. The van der Waals surface area contributed by atoms with Crippen LogP contribution in [0.4, 0.5) is 18.9 Å². The summed E-state index contributed by atoms with van der Waals surface area (Å²) in [6.07, 6.45) is -5.42. The van der Waals surface area contributed by atoms with Gasteiger partial charge in [-0.1, -0.05) is 29.3 Å². The highest BCUT2D eigenvalue weighted by molar-refractivity contribution is 6.33. The molecule has 1 N–H and O–H groups in total. The molecule has 0 aliphatic carbocycles. The van der Waals surface area contributed by atoms with E-state index in [9.17, 15) is 18.0 Å². The zero-order chi connectivity index (χ0) is 17.9. The van der Waals surface area contributed by atoms with Crippen LogP contribution in [0.15, 0.2) is 42.5 Å². The van der Waals surface area contributed by atoms with Gasteiger partial charge in [0.25, 0.3) is 5.91 Å². The number of carbonyl (C=O) groups excluding carboxylic acids is 1. The molecule has 0 aliphatic heterocycles. The Balaban J connectivity index is 2.09. The Labute approximate surface area is 142 Å². The van der Waals surface area contributed by atoms with Gasteiger partial charge in [-0.15, -0.1) is 0 Å². The van der Waals surface area contributed by atoms with Gasteiger partial charge in [-0.3, -0.25) is 4.79 Å². The molecule has 1 amide bonds. The highest BCUT2D eigenvalue weighted by Crippen LogP contribution is 2.33. The first kappa shape index (κ1) is 18.1. The van der Waals surface area contributed by atoms with Crippen molar-refractivity contribution in [1.29, 1.82) is 0 Å². The predicted molar refractivity (Wildman–Crippen MR) is 86.4 cm³/mol. The summed E-state index contributed by atoms with van der Waals surface area (Å²) in [6.45, 7) is 3.41. The van der Waals surface area contributed by atoms with E-state index in [1.54, 1.807) is 12.1 Å². The average molecular weight is 358 g/mol. The number of ether oxygens (including phenoxy) is 1. The second kappa shape index (κ2) is 7.13. The zero-order valence-corrected chi connectivity index (χ0v) is 13.7. The van der Waals surface area contributed by atoms with Crippen molar-refractivity contribution in [2.45, 2.75) is 26.1 Å². The molecule has 1 unspecified atom stereocenters. The summed E-state index contributed by atoms with van der Waals surface area (Å²) in [5.74, 6) is -0.116. The van der Waals surface area contributed by atoms with E-state index in [1.807, 2.05) is 19.1 Å². The van der Waals surface area contributed by atoms with E-state index in [-0.39, 0.29) is 10.7 Å². The summed E-state index contributed by atoms with van der Waals surface area (Å²) in [4.78, 5) is 12.1. The number of hydrogen-bond donors (Lipinski definition) is 1. The first-order valence-electron chi connectivity index (χ1n) is 7.08. The minimum absolute atomic E-state index is 0.0129. The predicted octanol–water partition coefficient (Wildman–Crippen LogP) is 5.07. The van der Waals surface area contributed by atoms with Gasteiger partial charge in [-0.05, 0) is 44.2 Å². The molecule has 0 spiro atoms. The van der Waals surface area contributed by atoms with Crippen molar-refractivity contribution >= 4 is 23.2 Å². The van der Waals surface area contributed by atoms with E-state index >= 15 is 0 Å². The number of anilines is 1. The van der Waals surface area contributed by atoms with Crippen molar-refractivity contribution < 1.29 is 22.7 Å². The number of aryl methyl sites for hydroxylation is 1. The Morgan fingerprint density at radius 2 is 1.79 bits per heavy atom. The second-order valence-corrected chi connectivity index (χ2v) is 5.66. The number of hydrogen-bond acceptors (Lipinski definition) is 2. The molecule has 0 fully saturated rings. The van der Waals surface area contributed by atoms with Crippen molar-refractivity contribution in [2.75, 3.05) is 5.32 Å². The lowest BCUT2D eigenvalue weighted by molar-refractivity contribution is -0.137. The topological polar surface area (TPSA) is 38.3 Å². The Hall–Kier alpha value is -2.21. The highest BCUT2D eigenvalue weighted by atomic mass is 35.5. The molecule has 7 heteroatoms. The number of benzene rings is 2. The van der Waals surface area contributed by atoms with Gasteiger partial charge >= 0.3 is 6.18 Å². The molecule has 1 atom stereocenters. The molecule has 0 bridgehead atoms. The summed E-state index contributed by atoms with van der Waals surface area (Å²) < 4.78 is 43.7. The molecule has 3 nitrogen and oxygen atoms in total. The maximum atomic E-state index is 12.7. The fourth-order valence-electron chi connectivity index (χ4n) is 1.91. The lowest BCUT2D eigenvalue weighted by Gasteiger charge is -2.16. The van der Waals surface area contributed by atoms with Crippen LogP contribution in [-0.2, 0) is 11.0 Å². The molecule has 0 aromatic heterocycles. The van der Waals surface area contributed by atoms with Crippen LogP contribution in [0.3, 0.4) is 0 Å². The zero-order valence-electron chi connectivity index (χ0n) is 12.9. The number of nitrogens with one attached hydrogen (secondary N) is 1. The standard InChI is InChI=1S/C17H15ClF3NO2/c1-10-3-6-13(7-4-10)24-11(2)16(23)22-15-9-12(17(19,20)21)5-8-14(15)18/h3-9,11H,1-2H3,(H,22,23). The van der Waals surface area contributed by atoms with Gasteiger partial charge in [0, 0.05) is 0 Å². The number of amides is 1. The summed E-state index contributed by atoms with van der Waals surface area (Å²) in [5, 5.41) is 2.37. The molecule has 2 rings (SSSR count). The van der Waals surface area contributed by atoms with E-state index in [4.69, 9.17) is 16.3 Å². The molecule has 0 saturated heterocycles. The van der Waals surface area contributed by atoms with E-state index in [0.29, 0.717) is 5.75 Å². The summed E-state index contributed by atoms with van der Waals surface area (Å²) in [7, 11) is 0. The lowest BCUT2D eigenvalue weighted by atomic mass is 10.2. The van der Waals surface area contributed by atoms with Crippen LogP contribution in [0.2, 0.25) is 5.02 Å². The average Bonchev–Trinajstić information content (AvgIpc) is 2.50. The third-order valence-corrected chi connectivity index (χ3v) is 3.58. The van der Waals surface area contributed by atoms with Crippen molar-refractivity contribution in [2.24, 2.45) is 0 Å². The van der Waals surface area contributed by atoms with Crippen molar-refractivity contribution in [1.82, 2.24) is 0 Å². The molecule has 2 aromatic rings. The summed E-state index contributed by atoms with van der Waals surface area (Å²) in [5.41, 5.74) is 0.0281. The van der Waals surface area contributed by atoms with Gasteiger partial charge in [0.05, 0.1) is 16.3 Å². The Morgan fingerprint density at radius 3 is 2.38 bits per heavy atom. The second-order valence-electron chi connectivity index (χ2n) is 5.25. The molecule has 0 heterocycles. The van der Waals surface area contributed by atoms with Crippen molar-refractivity contribution in [3.05, 3.63) is 58.6 Å². The number of alkyl halides is 3. The van der Waals surface area contributed by atoms with Gasteiger partial charge in [-0.2, -0.15) is 13.2 Å². The molecule has 2 aromatic carbocycles. The van der Waals surface area contributed by atoms with E-state index in [1.165, 1.54) is 6.92 Å². The maximum Gasteiger partial charge on any atom is 0.416 e. The molecular formula is C17H15ClF3NO2. The lowest BCUT2D eigenvalue weighted by Crippen LogP contribution is -2.30. The SMILES string of the molecule is Cc1ccc(OC(C)C(=O)Nc2cc(C(F)(F)F)ccc2Cl)cc1. The maximum absolute atomic E-state index is 12.7. The fraction of sp³-hybridized carbons (Fsp3) is 0.235. The quantitative estimate of drug-likeness (QED) is 0.829. The van der Waals surface area contributed by atoms with Crippen LogP contribution >= 0.6 is 11.6 Å². The van der Waals surface area contributed by atoms with Gasteiger partial charge in [0.2, 0.25) is 0 Å². The van der Waals surface area contributed by atoms with Gasteiger partial charge in [0.1, 0.15) is 5.75 Å². The Bertz CT molecular complexity index is 730. The fourth-order valence-corrected chi connectivity index (χ4v) is 2.07. The van der Waals surface area contributed by atoms with Crippen LogP contribution in [0.25, 0.3) is 0 Å². The van der Waals surface area contributed by atoms with Gasteiger partial charge < -0.3 is 10.1 Å². The smallest absolute Gasteiger partial charge is 0.416 e. The third kappa shape index (κ3) is 4.64. The Kier molecular flexibility index (Phi) is 5.39. The monoisotopic (exact) mass is 357 g/mol. The summed E-state index contributed by atoms with van der Waals surface area (Å²) >= 11 is 5.85. The van der Waals surface area contributed by atoms with Gasteiger partial charge in [-0.25, -0.2) is 0 Å². The minimum Gasteiger partial charge on any atom is -0.481 e. The van der Waals surface area contributed by atoms with E-state index in [2.05, 4.69) is 5.32 Å². The van der Waals surface area contributed by atoms with Crippen LogP contribution in [0, 0.1) is 6.92 Å². The van der Waals surface area contributed by atoms with E-state index < -0.39 is 23.8 Å². The highest BCUT2D eigenvalue weighted by Gasteiger charge is 2.31. The van der Waals surface area contributed by atoms with Crippen LogP contribution < -0.4 is 10.1 Å². The first-order chi connectivity index (χ1) is 11.2. The Morgan fingerprint density at radius 1 is 1.17 bits per heavy atom. The van der Waals surface area contributed by atoms with Crippen molar-refractivity contribution in [3.63, 3.8) is 0 Å². The third-order valence-electron chi connectivity index (χ3n) is 3.25. The minimum atomic E-state index is -4.52. The summed E-state index contributed by atoms with van der Waals surface area (Å²) in [6, 6.07) is 9.79. The molecule has 0 saturated carbocycles. The molecule has 24 heavy (non-hydrogen) atoms. The van der Waals surface area contributed by atoms with E-state index in [0.717, 1.165) is 23.8 Å². The van der Waals surface area contributed by atoms with Gasteiger partial charge in [0.15, 0.2) is 6.10 Å². The largest absolute Gasteiger partial charge is 0.481 e. The number of halogens is 4. The first-order valence-corrected chi connectivity index (χ1v) is 7.45. The number of carbonyl (C=O) groups is 1.